The number of H-pyrrole nitrogens is 1. The van der Waals surface area contributed by atoms with Crippen LogP contribution in [0.15, 0.2) is 47.5 Å². The third-order valence-corrected chi connectivity index (χ3v) is 3.03. The van der Waals surface area contributed by atoms with Crippen LogP contribution in [0.4, 0.5) is 0 Å². The number of rotatable bonds is 4. The molecule has 0 bridgehead atoms. The number of nitrogens with zero attached hydrogens (tertiary/aromatic N) is 2. The smallest absolute Gasteiger partial charge is 0.512 e. The molecule has 0 aliphatic rings. The van der Waals surface area contributed by atoms with Gasteiger partial charge in [0.2, 0.25) is 5.56 Å². The molecule has 3 rings (SSSR count). The summed E-state index contributed by atoms with van der Waals surface area (Å²) >= 11 is 0. The molecule has 8 heteroatoms. The fraction of sp³-hybridized carbons (Fsp3) is 0.0769. The van der Waals surface area contributed by atoms with Crippen LogP contribution in [0.25, 0.3) is 11.2 Å². The van der Waals surface area contributed by atoms with Gasteiger partial charge >= 0.3 is 7.32 Å². The van der Waals surface area contributed by atoms with Crippen molar-refractivity contribution >= 4 is 18.5 Å². The van der Waals surface area contributed by atoms with Crippen molar-refractivity contribution in [2.24, 2.45) is 0 Å². The molecule has 3 N–H and O–H groups in total. The van der Waals surface area contributed by atoms with Crippen LogP contribution in [-0.4, -0.2) is 31.9 Å². The first-order valence-electron chi connectivity index (χ1n) is 6.28. The van der Waals surface area contributed by atoms with Gasteiger partial charge in [-0.05, 0) is 23.8 Å². The van der Waals surface area contributed by atoms with Crippen molar-refractivity contribution in [1.29, 1.82) is 0 Å². The highest BCUT2D eigenvalue weighted by Crippen LogP contribution is 2.15. The number of fused-ring (bicyclic) bond motifs is 1. The second-order valence-electron chi connectivity index (χ2n) is 4.52. The summed E-state index contributed by atoms with van der Waals surface area (Å²) < 4.78 is 6.64. The normalized spacial score (nSPS) is 10.8. The van der Waals surface area contributed by atoms with E-state index in [1.807, 2.05) is 16.7 Å². The predicted octanol–water partition coefficient (Wildman–Crippen LogP) is 0.121. The summed E-state index contributed by atoms with van der Waals surface area (Å²) in [6.07, 6.45) is 1.66. The summed E-state index contributed by atoms with van der Waals surface area (Å²) in [5.74, 6) is 0.369. The Kier molecular flexibility index (Phi) is 3.47. The summed E-state index contributed by atoms with van der Waals surface area (Å²) in [7, 11) is -1.83. The molecule has 1 aromatic carbocycles. The maximum atomic E-state index is 11.2. The first kappa shape index (κ1) is 13.4. The minimum atomic E-state index is -1.83. The Morgan fingerprint density at radius 1 is 1.19 bits per heavy atom. The average molecular weight is 285 g/mol. The third kappa shape index (κ3) is 2.96. The number of benzene rings is 1. The summed E-state index contributed by atoms with van der Waals surface area (Å²) in [4.78, 5) is 18.0. The molecule has 0 fully saturated rings. The zero-order valence-electron chi connectivity index (χ0n) is 10.9. The molecule has 21 heavy (non-hydrogen) atoms. The van der Waals surface area contributed by atoms with Crippen LogP contribution in [-0.2, 0) is 6.54 Å². The molecule has 7 nitrogen and oxygen atoms in total. The van der Waals surface area contributed by atoms with Crippen molar-refractivity contribution in [3.8, 4) is 5.75 Å². The number of pyridine rings is 1. The standard InChI is InChI=1S/C13H12BN3O4/c18-12-6-5-11-13(16-12)15-8-17(11)7-9-1-3-10(4-2-9)21-14(19)20/h1-6,8,19-20H,7H2,(H,16,18). The van der Waals surface area contributed by atoms with Crippen molar-refractivity contribution in [1.82, 2.24) is 14.5 Å². The van der Waals surface area contributed by atoms with E-state index in [9.17, 15) is 4.79 Å². The maximum absolute atomic E-state index is 11.2. The number of nitrogens with one attached hydrogen (secondary N) is 1. The van der Waals surface area contributed by atoms with Gasteiger partial charge in [0, 0.05) is 12.6 Å². The molecule has 3 aromatic rings. The molecule has 0 amide bonds. The second-order valence-corrected chi connectivity index (χ2v) is 4.52. The molecule has 106 valence electrons. The van der Waals surface area contributed by atoms with Gasteiger partial charge in [-0.15, -0.1) is 0 Å². The van der Waals surface area contributed by atoms with E-state index in [2.05, 4.69) is 9.97 Å². The summed E-state index contributed by atoms with van der Waals surface area (Å²) in [5.41, 5.74) is 2.18. The molecular formula is C13H12BN3O4. The molecule has 2 heterocycles. The Balaban J connectivity index is 1.83. The Labute approximate surface area is 119 Å². The maximum Gasteiger partial charge on any atom is 0.707 e. The quantitative estimate of drug-likeness (QED) is 0.591. The summed E-state index contributed by atoms with van der Waals surface area (Å²) in [5, 5.41) is 17.4. The third-order valence-electron chi connectivity index (χ3n) is 3.03. The van der Waals surface area contributed by atoms with Gasteiger partial charge in [0.1, 0.15) is 5.75 Å². The van der Waals surface area contributed by atoms with Crippen molar-refractivity contribution in [3.63, 3.8) is 0 Å². The van der Waals surface area contributed by atoms with Crippen LogP contribution in [0.2, 0.25) is 0 Å². The Morgan fingerprint density at radius 2 is 1.95 bits per heavy atom. The summed E-state index contributed by atoms with van der Waals surface area (Å²) in [6, 6.07) is 10.1. The molecular weight excluding hydrogens is 273 g/mol. The lowest BCUT2D eigenvalue weighted by Crippen LogP contribution is -2.20. The molecule has 0 aliphatic carbocycles. The van der Waals surface area contributed by atoms with Crippen LogP contribution in [0, 0.1) is 0 Å². The lowest BCUT2D eigenvalue weighted by atomic mass is 10.2. The van der Waals surface area contributed by atoms with Gasteiger partial charge in [-0.1, -0.05) is 12.1 Å². The number of hydrogen-bond acceptors (Lipinski definition) is 5. The largest absolute Gasteiger partial charge is 0.707 e. The number of hydrogen-bond donors (Lipinski definition) is 3. The average Bonchev–Trinajstić information content (AvgIpc) is 2.83. The lowest BCUT2D eigenvalue weighted by Gasteiger charge is -2.07. The summed E-state index contributed by atoms with van der Waals surface area (Å²) in [6.45, 7) is 0.574. The van der Waals surface area contributed by atoms with Crippen LogP contribution < -0.4 is 10.2 Å². The van der Waals surface area contributed by atoms with Crippen LogP contribution in [0.1, 0.15) is 5.56 Å². The van der Waals surface area contributed by atoms with Gasteiger partial charge in [0.05, 0.1) is 11.8 Å². The fourth-order valence-electron chi connectivity index (χ4n) is 2.09. The topological polar surface area (TPSA) is 100 Å². The predicted molar refractivity (Wildman–Crippen MR) is 76.7 cm³/mol. The number of aromatic nitrogens is 3. The molecule has 0 aliphatic heterocycles. The van der Waals surface area contributed by atoms with Crippen molar-refractivity contribution in [2.75, 3.05) is 0 Å². The van der Waals surface area contributed by atoms with Gasteiger partial charge in [0.25, 0.3) is 0 Å². The van der Waals surface area contributed by atoms with E-state index in [4.69, 9.17) is 14.7 Å². The fourth-order valence-corrected chi connectivity index (χ4v) is 2.09. The van der Waals surface area contributed by atoms with Gasteiger partial charge in [0.15, 0.2) is 5.65 Å². The van der Waals surface area contributed by atoms with Crippen molar-refractivity contribution < 1.29 is 14.7 Å². The lowest BCUT2D eigenvalue weighted by molar-refractivity contribution is 0.288. The molecule has 0 spiro atoms. The zero-order valence-corrected chi connectivity index (χ0v) is 10.9. The SMILES string of the molecule is O=c1ccc2c(ncn2Cc2ccc(OB(O)O)cc2)[nH]1. The van der Waals surface area contributed by atoms with Crippen molar-refractivity contribution in [2.45, 2.75) is 6.54 Å². The van der Waals surface area contributed by atoms with Gasteiger partial charge in [-0.3, -0.25) is 4.79 Å². The Bertz CT molecular complexity index is 810. The van der Waals surface area contributed by atoms with E-state index >= 15 is 0 Å². The zero-order chi connectivity index (χ0) is 14.8. The molecule has 0 unspecified atom stereocenters. The van der Waals surface area contributed by atoms with Crippen molar-refractivity contribution in [3.05, 3.63) is 58.6 Å². The molecule has 0 atom stereocenters. The first-order valence-corrected chi connectivity index (χ1v) is 6.28. The molecule has 0 saturated heterocycles. The molecule has 2 aromatic heterocycles. The van der Waals surface area contributed by atoms with E-state index < -0.39 is 7.32 Å². The van der Waals surface area contributed by atoms with Gasteiger partial charge in [-0.2, -0.15) is 0 Å². The Morgan fingerprint density at radius 3 is 2.67 bits per heavy atom. The Hall–Kier alpha value is -2.58. The van der Waals surface area contributed by atoms with E-state index in [-0.39, 0.29) is 5.56 Å². The number of imidazole rings is 1. The minimum Gasteiger partial charge on any atom is -0.512 e. The van der Waals surface area contributed by atoms with E-state index in [0.29, 0.717) is 17.9 Å². The first-order chi connectivity index (χ1) is 10.1. The second kappa shape index (κ2) is 5.43. The van der Waals surface area contributed by atoms with Gasteiger partial charge < -0.3 is 24.3 Å². The monoisotopic (exact) mass is 285 g/mol. The molecule has 0 radical (unpaired) electrons. The minimum absolute atomic E-state index is 0.184. The van der Waals surface area contributed by atoms with Gasteiger partial charge in [-0.25, -0.2) is 4.98 Å². The molecule has 0 saturated carbocycles. The van der Waals surface area contributed by atoms with Crippen LogP contribution >= 0.6 is 0 Å². The van der Waals surface area contributed by atoms with Crippen LogP contribution in [0.3, 0.4) is 0 Å². The highest BCUT2D eigenvalue weighted by atomic mass is 16.6. The van der Waals surface area contributed by atoms with E-state index in [0.717, 1.165) is 11.1 Å². The highest BCUT2D eigenvalue weighted by Gasteiger charge is 2.10. The highest BCUT2D eigenvalue weighted by molar-refractivity contribution is 6.33. The van der Waals surface area contributed by atoms with Crippen LogP contribution in [0.5, 0.6) is 5.75 Å². The van der Waals surface area contributed by atoms with E-state index in [1.165, 1.54) is 6.07 Å². The van der Waals surface area contributed by atoms with E-state index in [1.54, 1.807) is 24.5 Å². The number of aromatic amines is 1.